The first kappa shape index (κ1) is 8.95. The number of nitrogens with zero attached hydrogens (tertiary/aromatic N) is 1. The van der Waals surface area contributed by atoms with Gasteiger partial charge in [-0.2, -0.15) is 0 Å². The fourth-order valence-electron chi connectivity index (χ4n) is 1.09. The molecule has 12 heavy (non-hydrogen) atoms. The van der Waals surface area contributed by atoms with Crippen molar-refractivity contribution >= 4 is 11.9 Å². The van der Waals surface area contributed by atoms with Crippen molar-refractivity contribution in [2.24, 2.45) is 5.73 Å². The van der Waals surface area contributed by atoms with Gasteiger partial charge in [0.2, 0.25) is 5.91 Å². The number of hydrogen-bond acceptors (Lipinski definition) is 4. The van der Waals surface area contributed by atoms with Gasteiger partial charge in [-0.1, -0.05) is 0 Å². The van der Waals surface area contributed by atoms with Crippen LogP contribution in [0.25, 0.3) is 0 Å². The lowest BCUT2D eigenvalue weighted by molar-refractivity contribution is -0.125. The molecular weight excluding hydrogens is 160 g/mol. The van der Waals surface area contributed by atoms with Crippen molar-refractivity contribution < 1.29 is 9.59 Å². The zero-order valence-electron chi connectivity index (χ0n) is 7.00. The average molecular weight is 172 g/mol. The highest BCUT2D eigenvalue weighted by Gasteiger charge is 2.35. The number of nitrogens with one attached hydrogen (secondary N) is 2. The van der Waals surface area contributed by atoms with Gasteiger partial charge < -0.3 is 16.0 Å². The van der Waals surface area contributed by atoms with Gasteiger partial charge in [-0.05, 0) is 7.05 Å². The number of rotatable bonds is 1. The summed E-state index contributed by atoms with van der Waals surface area (Å²) in [7, 11) is 3.16. The molecule has 1 rings (SSSR count). The van der Waals surface area contributed by atoms with Crippen molar-refractivity contribution in [3.05, 3.63) is 0 Å². The van der Waals surface area contributed by atoms with E-state index in [0.29, 0.717) is 0 Å². The summed E-state index contributed by atoms with van der Waals surface area (Å²) in [6.07, 6.45) is -0.601. The Kier molecular flexibility index (Phi) is 2.30. The van der Waals surface area contributed by atoms with E-state index >= 15 is 0 Å². The number of carbonyl (C=O) groups is 2. The molecule has 0 saturated carbocycles. The van der Waals surface area contributed by atoms with E-state index in [1.165, 1.54) is 11.9 Å². The van der Waals surface area contributed by atoms with Gasteiger partial charge in [0.1, 0.15) is 12.2 Å². The largest absolute Gasteiger partial charge is 0.325 e. The molecule has 0 aromatic rings. The fourth-order valence-corrected chi connectivity index (χ4v) is 1.09. The van der Waals surface area contributed by atoms with E-state index in [0.717, 1.165) is 0 Å². The molecule has 0 aromatic heterocycles. The first-order valence-corrected chi connectivity index (χ1v) is 3.58. The Labute approximate surface area is 70.1 Å². The van der Waals surface area contributed by atoms with Gasteiger partial charge in [0.15, 0.2) is 0 Å². The Hall–Kier alpha value is -1.14. The molecule has 3 amide bonds. The predicted molar refractivity (Wildman–Crippen MR) is 42.1 cm³/mol. The number of urea groups is 1. The first-order chi connectivity index (χ1) is 5.57. The predicted octanol–water partition coefficient (Wildman–Crippen LogP) is -1.96. The van der Waals surface area contributed by atoms with E-state index in [1.807, 2.05) is 0 Å². The lowest BCUT2D eigenvalue weighted by Crippen LogP contribution is -2.68. The Morgan fingerprint density at radius 1 is 1.58 bits per heavy atom. The van der Waals surface area contributed by atoms with Crippen molar-refractivity contribution in [3.8, 4) is 0 Å². The summed E-state index contributed by atoms with van der Waals surface area (Å²) in [6.45, 7) is 0. The Balaban J connectivity index is 2.79. The Bertz CT molecular complexity index is 218. The molecule has 0 spiro atoms. The highest BCUT2D eigenvalue weighted by atomic mass is 16.2. The third-order valence-electron chi connectivity index (χ3n) is 1.93. The van der Waals surface area contributed by atoms with Crippen molar-refractivity contribution in [2.45, 2.75) is 12.2 Å². The highest BCUT2D eigenvalue weighted by molar-refractivity contribution is 6.00. The van der Waals surface area contributed by atoms with E-state index < -0.39 is 18.2 Å². The molecule has 6 nitrogen and oxygen atoms in total. The molecule has 68 valence electrons. The molecule has 0 radical (unpaired) electrons. The zero-order valence-corrected chi connectivity index (χ0v) is 7.00. The van der Waals surface area contributed by atoms with Gasteiger partial charge in [-0.25, -0.2) is 4.79 Å². The van der Waals surface area contributed by atoms with Crippen LogP contribution in [0.1, 0.15) is 0 Å². The maximum atomic E-state index is 11.1. The van der Waals surface area contributed by atoms with E-state index in [2.05, 4.69) is 10.6 Å². The number of amides is 3. The summed E-state index contributed by atoms with van der Waals surface area (Å²) in [6, 6.07) is -0.994. The summed E-state index contributed by atoms with van der Waals surface area (Å²) in [4.78, 5) is 23.3. The molecule has 0 aromatic carbocycles. The molecule has 4 N–H and O–H groups in total. The maximum absolute atomic E-state index is 11.1. The van der Waals surface area contributed by atoms with Crippen LogP contribution in [0.5, 0.6) is 0 Å². The number of carbonyl (C=O) groups excluding carboxylic acids is 2. The topological polar surface area (TPSA) is 87.5 Å². The summed E-state index contributed by atoms with van der Waals surface area (Å²) in [5.41, 5.74) is 5.60. The Morgan fingerprint density at radius 3 is 2.67 bits per heavy atom. The first-order valence-electron chi connectivity index (χ1n) is 3.58. The second kappa shape index (κ2) is 3.08. The maximum Gasteiger partial charge on any atom is 0.325 e. The van der Waals surface area contributed by atoms with Gasteiger partial charge in [0.25, 0.3) is 0 Å². The molecule has 2 unspecified atom stereocenters. The fraction of sp³-hybridized carbons (Fsp3) is 0.667. The minimum absolute atomic E-state index is 0.381. The summed E-state index contributed by atoms with van der Waals surface area (Å²) >= 11 is 0. The molecule has 0 bridgehead atoms. The minimum atomic E-state index is -0.601. The minimum Gasteiger partial charge on any atom is -0.310 e. The van der Waals surface area contributed by atoms with Crippen LogP contribution in [0, 0.1) is 0 Å². The van der Waals surface area contributed by atoms with Crippen LogP contribution in [-0.2, 0) is 4.79 Å². The van der Waals surface area contributed by atoms with Gasteiger partial charge in [0.05, 0.1) is 0 Å². The zero-order chi connectivity index (χ0) is 9.30. The van der Waals surface area contributed by atoms with Crippen LogP contribution in [0.2, 0.25) is 0 Å². The van der Waals surface area contributed by atoms with Crippen molar-refractivity contribution in [2.75, 3.05) is 14.1 Å². The second-order valence-corrected chi connectivity index (χ2v) is 2.66. The van der Waals surface area contributed by atoms with Crippen LogP contribution >= 0.6 is 0 Å². The lowest BCUT2D eigenvalue weighted by Gasteiger charge is -2.34. The van der Waals surface area contributed by atoms with Gasteiger partial charge >= 0.3 is 6.03 Å². The third kappa shape index (κ3) is 1.26. The highest BCUT2D eigenvalue weighted by Crippen LogP contribution is 2.02. The third-order valence-corrected chi connectivity index (χ3v) is 1.93. The molecule has 6 heteroatoms. The van der Waals surface area contributed by atoms with E-state index in [9.17, 15) is 9.59 Å². The van der Waals surface area contributed by atoms with Crippen LogP contribution in [0.3, 0.4) is 0 Å². The quantitative estimate of drug-likeness (QED) is 0.428. The van der Waals surface area contributed by atoms with Crippen LogP contribution in [-0.4, -0.2) is 43.1 Å². The summed E-state index contributed by atoms with van der Waals surface area (Å²) < 4.78 is 0. The van der Waals surface area contributed by atoms with Crippen molar-refractivity contribution in [3.63, 3.8) is 0 Å². The van der Waals surface area contributed by atoms with Crippen LogP contribution in [0.4, 0.5) is 4.79 Å². The normalized spacial score (nSPS) is 30.4. The number of likely N-dealkylation sites (N-methyl/N-ethyl adjacent to an activating group) is 2. The van der Waals surface area contributed by atoms with Crippen molar-refractivity contribution in [1.82, 2.24) is 15.5 Å². The molecule has 1 aliphatic rings. The van der Waals surface area contributed by atoms with Crippen LogP contribution < -0.4 is 16.4 Å². The van der Waals surface area contributed by atoms with E-state index in [-0.39, 0.29) is 5.91 Å². The molecule has 1 heterocycles. The number of hydrogen-bond donors (Lipinski definition) is 3. The number of nitrogens with two attached hydrogens (primary N) is 1. The molecule has 1 aliphatic heterocycles. The standard InChI is InChI=1S/C6H12N4O2/c1-8-3-4(7)10(2)6(12)9-5(3)11/h3-4,8H,7H2,1-2H3,(H,9,11,12). The van der Waals surface area contributed by atoms with Crippen LogP contribution in [0.15, 0.2) is 0 Å². The van der Waals surface area contributed by atoms with Gasteiger partial charge in [-0.3, -0.25) is 10.1 Å². The second-order valence-electron chi connectivity index (χ2n) is 2.66. The van der Waals surface area contributed by atoms with Gasteiger partial charge in [0, 0.05) is 7.05 Å². The Morgan fingerprint density at radius 2 is 2.17 bits per heavy atom. The van der Waals surface area contributed by atoms with E-state index in [1.54, 1.807) is 7.05 Å². The van der Waals surface area contributed by atoms with E-state index in [4.69, 9.17) is 5.73 Å². The summed E-state index contributed by atoms with van der Waals surface area (Å²) in [5.74, 6) is -0.381. The smallest absolute Gasteiger partial charge is 0.310 e. The SMILES string of the molecule is CNC1C(=O)NC(=O)N(C)C1N. The molecule has 0 aliphatic carbocycles. The molecular formula is C6H12N4O2. The summed E-state index contributed by atoms with van der Waals surface area (Å²) in [5, 5.41) is 4.89. The van der Waals surface area contributed by atoms with Gasteiger partial charge in [-0.15, -0.1) is 0 Å². The number of imide groups is 1. The average Bonchev–Trinajstić information content (AvgIpc) is 2.01. The van der Waals surface area contributed by atoms with Crippen molar-refractivity contribution in [1.29, 1.82) is 0 Å². The lowest BCUT2D eigenvalue weighted by atomic mass is 10.1. The molecule has 1 saturated heterocycles. The molecule has 2 atom stereocenters. The molecule has 1 fully saturated rings. The monoisotopic (exact) mass is 172 g/mol.